The molecule has 0 amide bonds. The fourth-order valence-electron chi connectivity index (χ4n) is 0.457. The zero-order chi connectivity index (χ0) is 10.9. The van der Waals surface area contributed by atoms with Gasteiger partial charge in [-0.15, -0.1) is 0 Å². The molecule has 4 heteroatoms. The minimum absolute atomic E-state index is 0.148. The summed E-state index contributed by atoms with van der Waals surface area (Å²) < 4.78 is 5.08. The molecule has 0 heterocycles. The summed E-state index contributed by atoms with van der Waals surface area (Å²) in [6.45, 7) is 8.12. The summed E-state index contributed by atoms with van der Waals surface area (Å²) in [6.07, 6.45) is 0. The molecule has 0 unspecified atom stereocenters. The monoisotopic (exact) mass is 184 g/mol. The number of carbonyl (C=O) groups is 2. The Labute approximate surface area is 80.2 Å². The van der Waals surface area contributed by atoms with Crippen molar-refractivity contribution in [2.24, 2.45) is 0 Å². The van der Waals surface area contributed by atoms with Crippen molar-refractivity contribution < 1.29 is 14.3 Å². The average molecular weight is 184 g/mol. The second kappa shape index (κ2) is 3.52. The van der Waals surface area contributed by atoms with Crippen LogP contribution in [0, 0.1) is 0 Å². The Kier molecular flexibility index (Phi) is 3.31. The highest BCUT2D eigenvalue weighted by molar-refractivity contribution is 6.26. The minimum atomic E-state index is -1.01. The molecule has 0 atom stereocenters. The van der Waals surface area contributed by atoms with Crippen molar-refractivity contribution in [3.63, 3.8) is 0 Å². The normalized spacial score (nSPS) is 12.4. The van der Waals surface area contributed by atoms with Gasteiger partial charge in [0.15, 0.2) is 11.4 Å². The number of ketones is 1. The molecule has 0 saturated carbocycles. The summed E-state index contributed by atoms with van der Waals surface area (Å²) in [5, 5.41) is -0.563. The molecule has 3 nitrogen and oxygen atoms in total. The third-order valence-corrected chi connectivity index (χ3v) is 1.81. The van der Waals surface area contributed by atoms with Crippen molar-refractivity contribution in [1.82, 2.24) is 0 Å². The molecule has 0 bridgehead atoms. The summed E-state index contributed by atoms with van der Waals surface area (Å²) in [5.74, 6) is -0.502. The lowest BCUT2D eigenvalue weighted by Crippen LogP contribution is -2.38. The van der Waals surface area contributed by atoms with Gasteiger partial charge in [0.25, 0.3) is 0 Å². The van der Waals surface area contributed by atoms with E-state index in [4.69, 9.17) is 4.74 Å². The van der Waals surface area contributed by atoms with Crippen LogP contribution in [0.5, 0.6) is 0 Å². The van der Waals surface area contributed by atoms with E-state index >= 15 is 0 Å². The molecule has 0 aliphatic carbocycles. The summed E-state index contributed by atoms with van der Waals surface area (Å²) >= 11 is 0. The minimum Gasteiger partial charge on any atom is -0.452 e. The van der Waals surface area contributed by atoms with Crippen LogP contribution in [0.3, 0.4) is 0 Å². The molecule has 0 N–H and O–H groups in total. The van der Waals surface area contributed by atoms with E-state index in [1.54, 1.807) is 35.5 Å². The van der Waals surface area contributed by atoms with Crippen molar-refractivity contribution in [2.45, 2.75) is 45.5 Å². The molecule has 0 spiro atoms. The second-order valence-electron chi connectivity index (χ2n) is 4.71. The van der Waals surface area contributed by atoms with Crippen LogP contribution in [-0.4, -0.2) is 25.2 Å². The first-order valence-electron chi connectivity index (χ1n) is 4.32. The number of Topliss-reactive ketones (excluding diaryl/α,β-unsaturated/α-hetero) is 1. The van der Waals surface area contributed by atoms with E-state index < -0.39 is 10.9 Å². The van der Waals surface area contributed by atoms with Crippen LogP contribution < -0.4 is 0 Å². The van der Waals surface area contributed by atoms with E-state index in [0.29, 0.717) is 0 Å². The molecular weight excluding hydrogens is 167 g/mol. The Balaban J connectivity index is 4.47. The van der Waals surface area contributed by atoms with Crippen molar-refractivity contribution in [3.8, 4) is 0 Å². The van der Waals surface area contributed by atoms with Crippen LogP contribution in [-0.2, 0) is 14.3 Å². The summed E-state index contributed by atoms with van der Waals surface area (Å²) in [6, 6.07) is 0. The topological polar surface area (TPSA) is 43.4 Å². The Hall–Kier alpha value is -0.795. The molecule has 0 rings (SSSR count). The maximum Gasteiger partial charge on any atom is 0.304 e. The van der Waals surface area contributed by atoms with Crippen molar-refractivity contribution in [2.75, 3.05) is 0 Å². The van der Waals surface area contributed by atoms with Gasteiger partial charge in [0.2, 0.25) is 0 Å². The zero-order valence-corrected chi connectivity index (χ0v) is 9.22. The van der Waals surface area contributed by atoms with E-state index in [2.05, 4.69) is 0 Å². The third-order valence-electron chi connectivity index (χ3n) is 1.81. The third kappa shape index (κ3) is 3.62. The summed E-state index contributed by atoms with van der Waals surface area (Å²) in [4.78, 5) is 22.5. The molecule has 74 valence electrons. The van der Waals surface area contributed by atoms with Gasteiger partial charge in [-0.1, -0.05) is 13.8 Å². The first-order chi connectivity index (χ1) is 5.57. The molecule has 0 aromatic carbocycles. The fraction of sp³-hybridized carbons (Fsp3) is 0.778. The molecule has 0 fully saturated rings. The highest BCUT2D eigenvalue weighted by Gasteiger charge is 2.33. The van der Waals surface area contributed by atoms with Gasteiger partial charge in [-0.3, -0.25) is 9.59 Å². The molecule has 0 aromatic rings. The maximum absolute atomic E-state index is 11.4. The van der Waals surface area contributed by atoms with Crippen molar-refractivity contribution in [3.05, 3.63) is 0 Å². The van der Waals surface area contributed by atoms with E-state index in [1.807, 2.05) is 0 Å². The molecule has 0 saturated heterocycles. The Morgan fingerprint density at radius 3 is 1.77 bits per heavy atom. The summed E-state index contributed by atoms with van der Waals surface area (Å²) in [5.41, 5.74) is -1.01. The van der Waals surface area contributed by atoms with Crippen LogP contribution in [0.25, 0.3) is 0 Å². The largest absolute Gasteiger partial charge is 0.452 e. The van der Waals surface area contributed by atoms with Gasteiger partial charge < -0.3 is 4.74 Å². The van der Waals surface area contributed by atoms with E-state index in [0.717, 1.165) is 0 Å². The number of ether oxygens (including phenoxy) is 1. The highest BCUT2D eigenvalue weighted by Crippen LogP contribution is 2.24. The van der Waals surface area contributed by atoms with Gasteiger partial charge in [0, 0.05) is 5.31 Å². The number of hydrogen-bond acceptors (Lipinski definition) is 3. The molecule has 0 radical (unpaired) electrons. The van der Waals surface area contributed by atoms with E-state index in [1.165, 1.54) is 6.92 Å². The average Bonchev–Trinajstić information content (AvgIpc) is 1.83. The number of hydrogen-bond donors (Lipinski definition) is 0. The van der Waals surface area contributed by atoms with Gasteiger partial charge in [0.1, 0.15) is 7.85 Å². The van der Waals surface area contributed by atoms with Gasteiger partial charge in [-0.2, -0.15) is 0 Å². The van der Waals surface area contributed by atoms with Crippen LogP contribution in [0.2, 0.25) is 5.31 Å². The van der Waals surface area contributed by atoms with Crippen LogP contribution in [0.4, 0.5) is 0 Å². The Morgan fingerprint density at radius 2 is 1.54 bits per heavy atom. The SMILES string of the molecule is BC(C)(C)C(=O)OC(C)(C)C(C)=O. The quantitative estimate of drug-likeness (QED) is 0.479. The highest BCUT2D eigenvalue weighted by atomic mass is 16.6. The Morgan fingerprint density at radius 1 is 1.15 bits per heavy atom. The van der Waals surface area contributed by atoms with Crippen molar-refractivity contribution in [1.29, 1.82) is 0 Å². The lowest BCUT2D eigenvalue weighted by atomic mass is 9.72. The Bertz CT molecular complexity index is 226. The molecule has 0 aliphatic heterocycles. The zero-order valence-electron chi connectivity index (χ0n) is 9.22. The van der Waals surface area contributed by atoms with Crippen molar-refractivity contribution >= 4 is 19.6 Å². The molecule has 0 aliphatic rings. The lowest BCUT2D eigenvalue weighted by molar-refractivity contribution is -0.165. The molecule has 13 heavy (non-hydrogen) atoms. The number of esters is 1. The molecule has 0 aromatic heterocycles. The standard InChI is InChI=1S/C9H17BO3/c1-6(11)9(4,5)13-7(12)8(2,3)10/h10H2,1-5H3. The second-order valence-corrected chi connectivity index (χ2v) is 4.71. The van der Waals surface area contributed by atoms with E-state index in [9.17, 15) is 9.59 Å². The smallest absolute Gasteiger partial charge is 0.304 e. The predicted octanol–water partition coefficient (Wildman–Crippen LogP) is 0.729. The number of rotatable bonds is 3. The predicted molar refractivity (Wildman–Crippen MR) is 53.4 cm³/mol. The molecular formula is C9H17BO3. The lowest BCUT2D eigenvalue weighted by Gasteiger charge is -2.26. The van der Waals surface area contributed by atoms with Crippen LogP contribution in [0.1, 0.15) is 34.6 Å². The van der Waals surface area contributed by atoms with Crippen LogP contribution in [0.15, 0.2) is 0 Å². The van der Waals surface area contributed by atoms with E-state index in [-0.39, 0.29) is 11.8 Å². The van der Waals surface area contributed by atoms with Gasteiger partial charge in [0.05, 0.1) is 0 Å². The number of carbonyl (C=O) groups excluding carboxylic acids is 2. The maximum atomic E-state index is 11.4. The fourth-order valence-corrected chi connectivity index (χ4v) is 0.457. The van der Waals surface area contributed by atoms with Crippen LogP contribution >= 0.6 is 0 Å². The van der Waals surface area contributed by atoms with Gasteiger partial charge >= 0.3 is 5.97 Å². The van der Waals surface area contributed by atoms with Gasteiger partial charge in [-0.25, -0.2) is 0 Å². The first-order valence-corrected chi connectivity index (χ1v) is 4.32. The van der Waals surface area contributed by atoms with Gasteiger partial charge in [-0.05, 0) is 20.8 Å². The first kappa shape index (κ1) is 12.2. The summed E-state index contributed by atoms with van der Waals surface area (Å²) in [7, 11) is 1.76.